The first-order valence-corrected chi connectivity index (χ1v) is 7.43. The van der Waals surface area contributed by atoms with Gasteiger partial charge in [-0.15, -0.1) is 0 Å². The molecule has 0 heterocycles. The highest BCUT2D eigenvalue weighted by Gasteiger charge is 2.32. The zero-order valence-electron chi connectivity index (χ0n) is 13.6. The molecule has 0 radical (unpaired) electrons. The second-order valence-electron chi connectivity index (χ2n) is 7.47. The maximum absolute atomic E-state index is 10.3. The van der Waals surface area contributed by atoms with Gasteiger partial charge in [-0.2, -0.15) is 0 Å². The number of aliphatic hydroxyl groups excluding tert-OH is 1. The third-order valence-electron chi connectivity index (χ3n) is 4.99. The van der Waals surface area contributed by atoms with Gasteiger partial charge in [0.25, 0.3) is 0 Å². The summed E-state index contributed by atoms with van der Waals surface area (Å²) in [5.74, 6) is 0.608. The number of carbonyl (C=O) groups is 1. The van der Waals surface area contributed by atoms with Crippen LogP contribution in [-0.4, -0.2) is 24.7 Å². The molecule has 1 amide bonds. The summed E-state index contributed by atoms with van der Waals surface area (Å²) in [7, 11) is 0. The van der Waals surface area contributed by atoms with E-state index in [4.69, 9.17) is 0 Å². The first-order chi connectivity index (χ1) is 8.65. The molecule has 2 atom stereocenters. The van der Waals surface area contributed by atoms with Crippen LogP contribution in [-0.2, 0) is 4.79 Å². The predicted molar refractivity (Wildman–Crippen MR) is 80.9 cm³/mol. The molecule has 0 aromatic rings. The van der Waals surface area contributed by atoms with Crippen molar-refractivity contribution >= 4 is 6.41 Å². The van der Waals surface area contributed by atoms with E-state index in [0.717, 1.165) is 6.42 Å². The SMILES string of the molecule is CC(CCCC(C)(C)C(C)(C)C)C(CO)CNC=O. The summed E-state index contributed by atoms with van der Waals surface area (Å²) < 4.78 is 0. The Hall–Kier alpha value is -0.570. The van der Waals surface area contributed by atoms with Crippen LogP contribution < -0.4 is 5.32 Å². The van der Waals surface area contributed by atoms with Gasteiger partial charge in [-0.05, 0) is 23.2 Å². The monoisotopic (exact) mass is 271 g/mol. The van der Waals surface area contributed by atoms with Gasteiger partial charge >= 0.3 is 0 Å². The fourth-order valence-corrected chi connectivity index (χ4v) is 2.12. The Morgan fingerprint density at radius 1 is 1.21 bits per heavy atom. The molecule has 0 bridgehead atoms. The van der Waals surface area contributed by atoms with Gasteiger partial charge in [0.15, 0.2) is 0 Å². The lowest BCUT2D eigenvalue weighted by Gasteiger charge is -2.39. The Morgan fingerprint density at radius 2 is 1.79 bits per heavy atom. The summed E-state index contributed by atoms with van der Waals surface area (Å²) in [6.45, 7) is 14.4. The van der Waals surface area contributed by atoms with E-state index >= 15 is 0 Å². The summed E-state index contributed by atoms with van der Waals surface area (Å²) in [5, 5.41) is 12.0. The summed E-state index contributed by atoms with van der Waals surface area (Å²) in [4.78, 5) is 10.3. The molecule has 0 aliphatic carbocycles. The zero-order chi connectivity index (χ0) is 15.1. The van der Waals surface area contributed by atoms with Crippen LogP contribution >= 0.6 is 0 Å². The van der Waals surface area contributed by atoms with Crippen LogP contribution in [0, 0.1) is 22.7 Å². The number of hydrogen-bond donors (Lipinski definition) is 2. The number of nitrogens with one attached hydrogen (secondary N) is 1. The Kier molecular flexibility index (Phi) is 7.65. The maximum atomic E-state index is 10.3. The van der Waals surface area contributed by atoms with E-state index in [1.807, 2.05) is 0 Å². The lowest BCUT2D eigenvalue weighted by molar-refractivity contribution is -0.109. The first-order valence-electron chi connectivity index (χ1n) is 7.43. The molecule has 0 fully saturated rings. The van der Waals surface area contributed by atoms with Crippen LogP contribution in [0.3, 0.4) is 0 Å². The molecule has 2 unspecified atom stereocenters. The van der Waals surface area contributed by atoms with Gasteiger partial charge in [-0.3, -0.25) is 4.79 Å². The van der Waals surface area contributed by atoms with E-state index in [0.29, 0.717) is 29.7 Å². The number of hydrogen-bond acceptors (Lipinski definition) is 2. The average Bonchev–Trinajstić information content (AvgIpc) is 2.28. The van der Waals surface area contributed by atoms with Crippen LogP contribution in [0.25, 0.3) is 0 Å². The quantitative estimate of drug-likeness (QED) is 0.633. The number of aliphatic hydroxyl groups is 1. The van der Waals surface area contributed by atoms with Gasteiger partial charge in [0.05, 0.1) is 0 Å². The molecule has 3 nitrogen and oxygen atoms in total. The standard InChI is InChI=1S/C16H33NO2/c1-13(14(11-18)10-17-12-19)8-7-9-16(5,6)15(2,3)4/h12-14,18H,7-11H2,1-6H3,(H,17,19). The highest BCUT2D eigenvalue weighted by atomic mass is 16.3. The topological polar surface area (TPSA) is 49.3 Å². The smallest absolute Gasteiger partial charge is 0.207 e. The van der Waals surface area contributed by atoms with E-state index in [1.54, 1.807) is 0 Å². The molecule has 0 aromatic heterocycles. The summed E-state index contributed by atoms with van der Waals surface area (Å²) >= 11 is 0. The molecule has 0 aliphatic rings. The van der Waals surface area contributed by atoms with Crippen LogP contribution in [0.2, 0.25) is 0 Å². The van der Waals surface area contributed by atoms with Crippen molar-refractivity contribution in [1.29, 1.82) is 0 Å². The maximum Gasteiger partial charge on any atom is 0.207 e. The summed E-state index contributed by atoms with van der Waals surface area (Å²) in [5.41, 5.74) is 0.633. The lowest BCUT2D eigenvalue weighted by atomic mass is 9.66. The van der Waals surface area contributed by atoms with Gasteiger partial charge in [-0.25, -0.2) is 0 Å². The van der Waals surface area contributed by atoms with Crippen molar-refractivity contribution in [2.24, 2.45) is 22.7 Å². The largest absolute Gasteiger partial charge is 0.396 e. The van der Waals surface area contributed by atoms with Gasteiger partial charge in [0, 0.05) is 19.1 Å². The fraction of sp³-hybridized carbons (Fsp3) is 0.938. The zero-order valence-corrected chi connectivity index (χ0v) is 13.6. The lowest BCUT2D eigenvalue weighted by Crippen LogP contribution is -2.31. The van der Waals surface area contributed by atoms with E-state index < -0.39 is 0 Å². The molecule has 19 heavy (non-hydrogen) atoms. The number of amides is 1. The average molecular weight is 271 g/mol. The molecular formula is C16H33NO2. The highest BCUT2D eigenvalue weighted by Crippen LogP contribution is 2.42. The molecule has 0 rings (SSSR count). The van der Waals surface area contributed by atoms with Crippen LogP contribution in [0.4, 0.5) is 0 Å². The van der Waals surface area contributed by atoms with Crippen molar-refractivity contribution in [2.75, 3.05) is 13.2 Å². The Bertz CT molecular complexity index is 256. The van der Waals surface area contributed by atoms with Gasteiger partial charge < -0.3 is 10.4 Å². The normalized spacial score (nSPS) is 15.9. The van der Waals surface area contributed by atoms with Crippen molar-refractivity contribution in [3.8, 4) is 0 Å². The van der Waals surface area contributed by atoms with Gasteiger partial charge in [-0.1, -0.05) is 54.4 Å². The Labute approximate surface area is 119 Å². The molecule has 0 aromatic carbocycles. The Balaban J connectivity index is 4.15. The van der Waals surface area contributed by atoms with Crippen LogP contribution in [0.5, 0.6) is 0 Å². The van der Waals surface area contributed by atoms with Crippen molar-refractivity contribution in [1.82, 2.24) is 5.32 Å². The molecule has 114 valence electrons. The third kappa shape index (κ3) is 6.42. The fourth-order valence-electron chi connectivity index (χ4n) is 2.12. The number of rotatable bonds is 9. The van der Waals surface area contributed by atoms with Gasteiger partial charge in [0.2, 0.25) is 6.41 Å². The van der Waals surface area contributed by atoms with E-state index in [9.17, 15) is 9.90 Å². The Morgan fingerprint density at radius 3 is 2.21 bits per heavy atom. The second kappa shape index (κ2) is 7.88. The van der Waals surface area contributed by atoms with Crippen molar-refractivity contribution < 1.29 is 9.90 Å². The second-order valence-corrected chi connectivity index (χ2v) is 7.47. The molecule has 3 heteroatoms. The summed E-state index contributed by atoms with van der Waals surface area (Å²) in [6.07, 6.45) is 4.17. The van der Waals surface area contributed by atoms with Crippen LogP contribution in [0.15, 0.2) is 0 Å². The van der Waals surface area contributed by atoms with Gasteiger partial charge in [0.1, 0.15) is 0 Å². The minimum atomic E-state index is 0.144. The summed E-state index contributed by atoms with van der Waals surface area (Å²) in [6, 6.07) is 0. The van der Waals surface area contributed by atoms with E-state index in [-0.39, 0.29) is 12.5 Å². The minimum absolute atomic E-state index is 0.144. The molecule has 0 saturated heterocycles. The molecule has 2 N–H and O–H groups in total. The minimum Gasteiger partial charge on any atom is -0.396 e. The molecular weight excluding hydrogens is 238 g/mol. The first kappa shape index (κ1) is 18.4. The van der Waals surface area contributed by atoms with Crippen LogP contribution in [0.1, 0.15) is 60.8 Å². The third-order valence-corrected chi connectivity index (χ3v) is 4.99. The van der Waals surface area contributed by atoms with Crippen molar-refractivity contribution in [3.05, 3.63) is 0 Å². The number of carbonyl (C=O) groups excluding carboxylic acids is 1. The predicted octanol–water partition coefficient (Wildman–Crippen LogP) is 3.22. The van der Waals surface area contributed by atoms with E-state index in [1.165, 1.54) is 12.8 Å². The van der Waals surface area contributed by atoms with E-state index in [2.05, 4.69) is 46.9 Å². The van der Waals surface area contributed by atoms with Crippen molar-refractivity contribution in [3.63, 3.8) is 0 Å². The molecule has 0 saturated carbocycles. The molecule has 0 spiro atoms. The highest BCUT2D eigenvalue weighted by molar-refractivity contribution is 5.45. The van der Waals surface area contributed by atoms with Crippen molar-refractivity contribution in [2.45, 2.75) is 60.8 Å². The molecule has 0 aliphatic heterocycles.